The van der Waals surface area contributed by atoms with Crippen LogP contribution in [-0.2, 0) is 16.4 Å². The van der Waals surface area contributed by atoms with Crippen LogP contribution in [0, 0.1) is 6.92 Å². The van der Waals surface area contributed by atoms with Crippen LogP contribution in [0.4, 0.5) is 0 Å². The van der Waals surface area contributed by atoms with E-state index in [4.69, 9.17) is 4.74 Å². The summed E-state index contributed by atoms with van der Waals surface area (Å²) in [6.45, 7) is 5.91. The molecule has 1 aromatic carbocycles. The summed E-state index contributed by atoms with van der Waals surface area (Å²) in [7, 11) is -1.91. The number of rotatable bonds is 10. The summed E-state index contributed by atoms with van der Waals surface area (Å²) in [6.07, 6.45) is 3.63. The minimum Gasteiger partial charge on any atom is -0.496 e. The van der Waals surface area contributed by atoms with Gasteiger partial charge in [-0.2, -0.15) is 0 Å². The van der Waals surface area contributed by atoms with Crippen molar-refractivity contribution in [1.82, 2.24) is 20.3 Å². The van der Waals surface area contributed by atoms with Crippen molar-refractivity contribution < 1.29 is 13.2 Å². The molecule has 2 aromatic rings. The third-order valence-corrected chi connectivity index (χ3v) is 5.53. The lowest BCUT2D eigenvalue weighted by atomic mass is 10.1. The van der Waals surface area contributed by atoms with Gasteiger partial charge in [0, 0.05) is 32.0 Å². The van der Waals surface area contributed by atoms with Gasteiger partial charge in [0.15, 0.2) is 5.96 Å². The molecule has 0 fully saturated rings. The second-order valence-electron chi connectivity index (χ2n) is 6.34. The Labute approximate surface area is 172 Å². The number of hydrogen-bond acceptors (Lipinski definition) is 5. The summed E-state index contributed by atoms with van der Waals surface area (Å²) < 4.78 is 32.3. The maximum atomic E-state index is 12.2. The zero-order valence-electron chi connectivity index (χ0n) is 17.1. The second-order valence-corrected chi connectivity index (χ2v) is 8.11. The van der Waals surface area contributed by atoms with E-state index in [1.807, 2.05) is 19.1 Å². The van der Waals surface area contributed by atoms with Crippen LogP contribution >= 0.6 is 0 Å². The number of aryl methyl sites for hydroxylation is 1. The number of guanidine groups is 1. The average molecular weight is 420 g/mol. The number of sulfonamides is 1. The van der Waals surface area contributed by atoms with Crippen molar-refractivity contribution in [2.75, 3.05) is 33.3 Å². The molecule has 0 saturated carbocycles. The van der Waals surface area contributed by atoms with Crippen molar-refractivity contribution in [2.24, 2.45) is 4.99 Å². The average Bonchev–Trinajstić information content (AvgIpc) is 2.72. The number of pyridine rings is 1. The fraction of sp³-hybridized carbons (Fsp3) is 0.400. The molecule has 29 heavy (non-hydrogen) atoms. The molecule has 0 unspecified atom stereocenters. The molecule has 0 radical (unpaired) electrons. The van der Waals surface area contributed by atoms with Crippen LogP contribution in [0.5, 0.6) is 5.75 Å². The number of nitrogens with one attached hydrogen (secondary N) is 3. The summed E-state index contributed by atoms with van der Waals surface area (Å²) in [5.74, 6) is 1.50. The van der Waals surface area contributed by atoms with Gasteiger partial charge in [0.05, 0.1) is 13.7 Å². The Morgan fingerprint density at radius 2 is 2.03 bits per heavy atom. The Morgan fingerprint density at radius 3 is 2.72 bits per heavy atom. The van der Waals surface area contributed by atoms with Gasteiger partial charge in [-0.05, 0) is 44.0 Å². The van der Waals surface area contributed by atoms with E-state index in [1.54, 1.807) is 13.2 Å². The molecule has 0 atom stereocenters. The predicted octanol–water partition coefficient (Wildman–Crippen LogP) is 1.47. The highest BCUT2D eigenvalue weighted by molar-refractivity contribution is 7.89. The predicted molar refractivity (Wildman–Crippen MR) is 115 cm³/mol. The largest absolute Gasteiger partial charge is 0.496 e. The first-order valence-corrected chi connectivity index (χ1v) is 11.0. The number of aliphatic imine (C=N–C) groups is 1. The molecule has 0 spiro atoms. The van der Waals surface area contributed by atoms with Crippen LogP contribution in [0.25, 0.3) is 0 Å². The molecular weight excluding hydrogens is 390 g/mol. The maximum Gasteiger partial charge on any atom is 0.242 e. The van der Waals surface area contributed by atoms with Crippen molar-refractivity contribution >= 4 is 16.0 Å². The van der Waals surface area contributed by atoms with Gasteiger partial charge in [0.1, 0.15) is 10.6 Å². The fourth-order valence-electron chi connectivity index (χ4n) is 2.70. The Kier molecular flexibility index (Phi) is 8.88. The van der Waals surface area contributed by atoms with Crippen LogP contribution in [0.3, 0.4) is 0 Å². The molecule has 0 saturated heterocycles. The van der Waals surface area contributed by atoms with Gasteiger partial charge in [-0.25, -0.2) is 13.1 Å². The zero-order valence-corrected chi connectivity index (χ0v) is 17.9. The van der Waals surface area contributed by atoms with Crippen molar-refractivity contribution in [3.63, 3.8) is 0 Å². The first-order chi connectivity index (χ1) is 14.0. The highest BCUT2D eigenvalue weighted by atomic mass is 32.2. The normalized spacial score (nSPS) is 11.9. The molecular formula is C20H29N5O3S. The van der Waals surface area contributed by atoms with Crippen molar-refractivity contribution in [1.29, 1.82) is 0 Å². The summed E-state index contributed by atoms with van der Waals surface area (Å²) >= 11 is 0. The molecule has 2 rings (SSSR count). The van der Waals surface area contributed by atoms with E-state index >= 15 is 0 Å². The highest BCUT2D eigenvalue weighted by Gasteiger charge is 2.12. The maximum absolute atomic E-state index is 12.2. The Hall–Kier alpha value is -2.65. The number of aromatic nitrogens is 1. The molecule has 0 aliphatic heterocycles. The molecule has 158 valence electrons. The molecule has 0 bridgehead atoms. The number of nitrogens with zero attached hydrogens (tertiary/aromatic N) is 2. The van der Waals surface area contributed by atoms with Gasteiger partial charge in [-0.15, -0.1) is 0 Å². The van der Waals surface area contributed by atoms with Crippen LogP contribution in [-0.4, -0.2) is 52.7 Å². The zero-order chi connectivity index (χ0) is 21.1. The molecule has 0 aliphatic rings. The fourth-order valence-corrected chi connectivity index (χ4v) is 3.68. The topological polar surface area (TPSA) is 105 Å². The molecule has 1 aromatic heterocycles. The number of benzene rings is 1. The van der Waals surface area contributed by atoms with E-state index in [0.717, 1.165) is 17.7 Å². The minimum atomic E-state index is -3.57. The third-order valence-electron chi connectivity index (χ3n) is 4.09. The van der Waals surface area contributed by atoms with Crippen molar-refractivity contribution in [3.8, 4) is 5.75 Å². The van der Waals surface area contributed by atoms with E-state index in [1.165, 1.54) is 24.0 Å². The Bertz CT molecular complexity index is 902. The van der Waals surface area contributed by atoms with E-state index in [2.05, 4.69) is 38.3 Å². The SMILES string of the molecule is CCNC(=NCCNS(=O)(=O)c1cccnc1)NCCc1cc(C)ccc1OC. The molecule has 0 aliphatic carbocycles. The standard InChI is InChI=1S/C20H29N5O3S/c1-4-22-20(23-11-9-17-14-16(2)7-8-19(17)28-3)24-12-13-25-29(26,27)18-6-5-10-21-15-18/h5-8,10,14-15,25H,4,9,11-13H2,1-3H3,(H2,22,23,24). The second kappa shape index (κ2) is 11.4. The molecule has 1 heterocycles. The third kappa shape index (κ3) is 7.35. The lowest BCUT2D eigenvalue weighted by Gasteiger charge is -2.13. The van der Waals surface area contributed by atoms with Gasteiger partial charge in [-0.3, -0.25) is 9.98 Å². The molecule has 3 N–H and O–H groups in total. The highest BCUT2D eigenvalue weighted by Crippen LogP contribution is 2.19. The number of ether oxygens (including phenoxy) is 1. The molecule has 0 amide bonds. The lowest BCUT2D eigenvalue weighted by Crippen LogP contribution is -2.39. The van der Waals surface area contributed by atoms with Crippen LogP contribution in [0.2, 0.25) is 0 Å². The van der Waals surface area contributed by atoms with E-state index in [0.29, 0.717) is 25.6 Å². The quantitative estimate of drug-likeness (QED) is 0.306. The molecule has 8 nitrogen and oxygen atoms in total. The van der Waals surface area contributed by atoms with Crippen molar-refractivity contribution in [2.45, 2.75) is 25.2 Å². The first-order valence-electron chi connectivity index (χ1n) is 9.51. The lowest BCUT2D eigenvalue weighted by molar-refractivity contribution is 0.409. The van der Waals surface area contributed by atoms with Crippen LogP contribution in [0.1, 0.15) is 18.1 Å². The smallest absolute Gasteiger partial charge is 0.242 e. The summed E-state index contributed by atoms with van der Waals surface area (Å²) in [5, 5.41) is 6.42. The van der Waals surface area contributed by atoms with Gasteiger partial charge in [0.2, 0.25) is 10.0 Å². The van der Waals surface area contributed by atoms with E-state index in [9.17, 15) is 8.42 Å². The van der Waals surface area contributed by atoms with Crippen LogP contribution < -0.4 is 20.1 Å². The Morgan fingerprint density at radius 1 is 1.21 bits per heavy atom. The van der Waals surface area contributed by atoms with E-state index < -0.39 is 10.0 Å². The molecule has 9 heteroatoms. The van der Waals surface area contributed by atoms with Crippen molar-refractivity contribution in [3.05, 3.63) is 53.9 Å². The van der Waals surface area contributed by atoms with Gasteiger partial charge in [-0.1, -0.05) is 17.7 Å². The number of methoxy groups -OCH3 is 1. The van der Waals surface area contributed by atoms with Gasteiger partial charge < -0.3 is 15.4 Å². The van der Waals surface area contributed by atoms with Gasteiger partial charge >= 0.3 is 0 Å². The van der Waals surface area contributed by atoms with Crippen LogP contribution in [0.15, 0.2) is 52.6 Å². The van der Waals surface area contributed by atoms with Gasteiger partial charge in [0.25, 0.3) is 0 Å². The number of hydrogen-bond donors (Lipinski definition) is 3. The Balaban J connectivity index is 1.86. The summed E-state index contributed by atoms with van der Waals surface area (Å²) in [5.41, 5.74) is 2.31. The summed E-state index contributed by atoms with van der Waals surface area (Å²) in [4.78, 5) is 8.39. The minimum absolute atomic E-state index is 0.140. The van der Waals surface area contributed by atoms with E-state index in [-0.39, 0.29) is 11.4 Å². The monoisotopic (exact) mass is 419 g/mol. The summed E-state index contributed by atoms with van der Waals surface area (Å²) in [6, 6.07) is 9.19. The first kappa shape index (κ1) is 22.6.